The van der Waals surface area contributed by atoms with E-state index in [0.717, 1.165) is 37.9 Å². The van der Waals surface area contributed by atoms with Gasteiger partial charge in [-0.1, -0.05) is 6.07 Å². The van der Waals surface area contributed by atoms with Crippen molar-refractivity contribution < 1.29 is 13.9 Å². The summed E-state index contributed by atoms with van der Waals surface area (Å²) in [6.07, 6.45) is 7.22. The van der Waals surface area contributed by atoms with Crippen LogP contribution in [0.3, 0.4) is 0 Å². The van der Waals surface area contributed by atoms with Crippen LogP contribution in [0.4, 0.5) is 10.3 Å². The SMILES string of the molecule is COc1cc([C@@H](C)NC[C@H]2CC[C@@H](c3cnc(N4CCNC(=O)C4)nc3)C2)ccc1F. The summed E-state index contributed by atoms with van der Waals surface area (Å²) < 4.78 is 18.7. The van der Waals surface area contributed by atoms with Gasteiger partial charge in [-0.3, -0.25) is 4.79 Å². The van der Waals surface area contributed by atoms with Crippen LogP contribution in [0.25, 0.3) is 0 Å². The Kier molecular flexibility index (Phi) is 6.65. The fourth-order valence-electron chi connectivity index (χ4n) is 4.48. The Morgan fingerprint density at radius 3 is 2.87 bits per heavy atom. The summed E-state index contributed by atoms with van der Waals surface area (Å²) in [6.45, 7) is 4.69. The first-order valence-electron chi connectivity index (χ1n) is 10.9. The molecule has 1 amide bonds. The summed E-state index contributed by atoms with van der Waals surface area (Å²) >= 11 is 0. The van der Waals surface area contributed by atoms with Crippen LogP contribution < -0.4 is 20.3 Å². The standard InChI is InChI=1S/C23H30FN5O2/c1-15(17-5-6-20(24)21(10-17)31-2)26-11-16-3-4-18(9-16)19-12-27-23(28-13-19)29-8-7-25-22(30)14-29/h5-6,10,12-13,15-16,18,26H,3-4,7-9,11,14H2,1-2H3,(H,25,30)/t15-,16+,18-/m1/s1. The highest BCUT2D eigenvalue weighted by atomic mass is 19.1. The summed E-state index contributed by atoms with van der Waals surface area (Å²) in [6, 6.07) is 5.14. The number of anilines is 1. The monoisotopic (exact) mass is 427 g/mol. The molecule has 8 heteroatoms. The summed E-state index contributed by atoms with van der Waals surface area (Å²) in [7, 11) is 1.48. The Bertz CT molecular complexity index is 907. The van der Waals surface area contributed by atoms with E-state index in [4.69, 9.17) is 4.74 Å². The molecular formula is C23H30FN5O2. The van der Waals surface area contributed by atoms with E-state index in [1.54, 1.807) is 12.1 Å². The Morgan fingerprint density at radius 1 is 1.32 bits per heavy atom. The molecule has 2 N–H and O–H groups in total. The lowest BCUT2D eigenvalue weighted by molar-refractivity contribution is -0.120. The van der Waals surface area contributed by atoms with Crippen LogP contribution in [0.15, 0.2) is 30.6 Å². The maximum Gasteiger partial charge on any atom is 0.239 e. The molecule has 1 aromatic heterocycles. The molecule has 7 nitrogen and oxygen atoms in total. The van der Waals surface area contributed by atoms with Gasteiger partial charge in [-0.15, -0.1) is 0 Å². The first-order valence-corrected chi connectivity index (χ1v) is 10.9. The van der Waals surface area contributed by atoms with E-state index in [-0.39, 0.29) is 23.5 Å². The molecule has 1 saturated heterocycles. The second-order valence-electron chi connectivity index (χ2n) is 8.49. The number of aromatic nitrogens is 2. The Balaban J connectivity index is 1.29. The lowest BCUT2D eigenvalue weighted by Gasteiger charge is -2.26. The van der Waals surface area contributed by atoms with E-state index in [2.05, 4.69) is 27.5 Å². The van der Waals surface area contributed by atoms with Gasteiger partial charge in [0.15, 0.2) is 11.6 Å². The molecule has 1 saturated carbocycles. The number of piperazine rings is 1. The molecule has 1 aromatic carbocycles. The highest BCUT2D eigenvalue weighted by molar-refractivity contribution is 5.81. The van der Waals surface area contributed by atoms with Crippen molar-refractivity contribution in [2.45, 2.75) is 38.1 Å². The molecule has 0 bridgehead atoms. The first-order chi connectivity index (χ1) is 15.0. The number of amides is 1. The average molecular weight is 428 g/mol. The van der Waals surface area contributed by atoms with Crippen molar-refractivity contribution >= 4 is 11.9 Å². The van der Waals surface area contributed by atoms with Gasteiger partial charge in [0.1, 0.15) is 0 Å². The third-order valence-electron chi connectivity index (χ3n) is 6.38. The number of nitrogens with zero attached hydrogens (tertiary/aromatic N) is 3. The van der Waals surface area contributed by atoms with Gasteiger partial charge in [0.2, 0.25) is 11.9 Å². The zero-order chi connectivity index (χ0) is 21.8. The Morgan fingerprint density at radius 2 is 2.13 bits per heavy atom. The largest absolute Gasteiger partial charge is 0.494 e. The lowest BCUT2D eigenvalue weighted by Crippen LogP contribution is -2.48. The van der Waals surface area contributed by atoms with E-state index in [1.165, 1.54) is 18.7 Å². The zero-order valence-electron chi connectivity index (χ0n) is 18.1. The fraction of sp³-hybridized carbons (Fsp3) is 0.522. The molecule has 166 valence electrons. The highest BCUT2D eigenvalue weighted by Gasteiger charge is 2.27. The lowest BCUT2D eigenvalue weighted by atomic mass is 9.98. The van der Waals surface area contributed by atoms with Gasteiger partial charge in [0, 0.05) is 31.5 Å². The van der Waals surface area contributed by atoms with Gasteiger partial charge in [-0.05, 0) is 67.8 Å². The Hall–Kier alpha value is -2.74. The van der Waals surface area contributed by atoms with Gasteiger partial charge in [-0.2, -0.15) is 0 Å². The van der Waals surface area contributed by atoms with Crippen molar-refractivity contribution in [2.24, 2.45) is 5.92 Å². The molecule has 0 spiro atoms. The first kappa shape index (κ1) is 21.5. The molecule has 3 atom stereocenters. The maximum atomic E-state index is 13.6. The number of hydrogen-bond donors (Lipinski definition) is 2. The zero-order valence-corrected chi connectivity index (χ0v) is 18.1. The van der Waals surface area contributed by atoms with E-state index < -0.39 is 0 Å². The van der Waals surface area contributed by atoms with Crippen molar-refractivity contribution in [3.05, 3.63) is 47.5 Å². The molecule has 2 aliphatic rings. The highest BCUT2D eigenvalue weighted by Crippen LogP contribution is 2.38. The maximum absolute atomic E-state index is 13.6. The molecule has 2 heterocycles. The van der Waals surface area contributed by atoms with Crippen molar-refractivity contribution in [1.29, 1.82) is 0 Å². The van der Waals surface area contributed by atoms with Crippen molar-refractivity contribution in [3.63, 3.8) is 0 Å². The molecule has 31 heavy (non-hydrogen) atoms. The molecule has 1 aliphatic carbocycles. The van der Waals surface area contributed by atoms with Gasteiger partial charge in [-0.25, -0.2) is 14.4 Å². The van der Waals surface area contributed by atoms with E-state index >= 15 is 0 Å². The quantitative estimate of drug-likeness (QED) is 0.708. The second-order valence-corrected chi connectivity index (χ2v) is 8.49. The van der Waals surface area contributed by atoms with E-state index in [9.17, 15) is 9.18 Å². The molecule has 4 rings (SSSR count). The number of carbonyl (C=O) groups excluding carboxylic acids is 1. The number of nitrogens with one attached hydrogen (secondary N) is 2. The van der Waals surface area contributed by atoms with Crippen LogP contribution in [0.5, 0.6) is 5.75 Å². The van der Waals surface area contributed by atoms with Crippen LogP contribution in [0.1, 0.15) is 49.3 Å². The van der Waals surface area contributed by atoms with Gasteiger partial charge in [0.25, 0.3) is 0 Å². The molecule has 0 unspecified atom stereocenters. The topological polar surface area (TPSA) is 79.4 Å². The average Bonchev–Trinajstić information content (AvgIpc) is 3.27. The van der Waals surface area contributed by atoms with E-state index in [1.807, 2.05) is 17.3 Å². The minimum atomic E-state index is -0.339. The van der Waals surface area contributed by atoms with Crippen LogP contribution in [-0.2, 0) is 4.79 Å². The van der Waals surface area contributed by atoms with Crippen molar-refractivity contribution in [2.75, 3.05) is 38.2 Å². The molecule has 0 radical (unpaired) electrons. The van der Waals surface area contributed by atoms with Gasteiger partial charge >= 0.3 is 0 Å². The predicted octanol–water partition coefficient (Wildman–Crippen LogP) is 2.80. The van der Waals surface area contributed by atoms with Crippen LogP contribution in [0, 0.1) is 11.7 Å². The van der Waals surface area contributed by atoms with Crippen LogP contribution in [0.2, 0.25) is 0 Å². The number of benzene rings is 1. The second kappa shape index (κ2) is 9.60. The number of methoxy groups -OCH3 is 1. The minimum Gasteiger partial charge on any atom is -0.494 e. The van der Waals surface area contributed by atoms with E-state index in [0.29, 0.717) is 30.9 Å². The van der Waals surface area contributed by atoms with Gasteiger partial charge < -0.3 is 20.3 Å². The summed E-state index contributed by atoms with van der Waals surface area (Å²) in [5.74, 6) is 1.62. The number of hydrogen-bond acceptors (Lipinski definition) is 6. The molecular weight excluding hydrogens is 397 g/mol. The van der Waals surface area contributed by atoms with Crippen LogP contribution in [-0.4, -0.2) is 49.2 Å². The third-order valence-corrected chi connectivity index (χ3v) is 6.38. The smallest absolute Gasteiger partial charge is 0.239 e. The molecule has 2 aromatic rings. The normalized spacial score (nSPS) is 22.3. The predicted molar refractivity (Wildman–Crippen MR) is 117 cm³/mol. The minimum absolute atomic E-state index is 0.0124. The summed E-state index contributed by atoms with van der Waals surface area (Å²) in [4.78, 5) is 22.5. The fourth-order valence-corrected chi connectivity index (χ4v) is 4.48. The number of rotatable bonds is 7. The molecule has 1 aliphatic heterocycles. The summed E-state index contributed by atoms with van der Waals surface area (Å²) in [5, 5.41) is 6.40. The Labute approximate surface area is 182 Å². The van der Waals surface area contributed by atoms with Crippen LogP contribution >= 0.6 is 0 Å². The number of carbonyl (C=O) groups is 1. The van der Waals surface area contributed by atoms with Crippen molar-refractivity contribution in [3.8, 4) is 5.75 Å². The number of ether oxygens (including phenoxy) is 1. The molecule has 2 fully saturated rings. The van der Waals surface area contributed by atoms with Crippen molar-refractivity contribution in [1.82, 2.24) is 20.6 Å². The summed E-state index contributed by atoms with van der Waals surface area (Å²) in [5.41, 5.74) is 2.19. The number of halogens is 1. The van der Waals surface area contributed by atoms with Gasteiger partial charge in [0.05, 0.1) is 13.7 Å². The third kappa shape index (κ3) is 5.12.